The van der Waals surface area contributed by atoms with Gasteiger partial charge in [0.15, 0.2) is 0 Å². The fraction of sp³-hybridized carbons (Fsp3) is 0.0769. The van der Waals surface area contributed by atoms with Crippen molar-refractivity contribution in [3.63, 3.8) is 0 Å². The van der Waals surface area contributed by atoms with Crippen LogP contribution >= 0.6 is 27.7 Å². The number of aromatic nitrogens is 1. The number of rotatable bonds is 3. The van der Waals surface area contributed by atoms with Crippen molar-refractivity contribution in [1.82, 2.24) is 4.98 Å². The molecule has 2 N–H and O–H groups in total. The number of benzene rings is 1. The van der Waals surface area contributed by atoms with E-state index in [1.807, 2.05) is 0 Å². The molecule has 2 rings (SSSR count). The van der Waals surface area contributed by atoms with Crippen LogP contribution in [0.4, 0.5) is 10.1 Å². The summed E-state index contributed by atoms with van der Waals surface area (Å²) in [5.74, 6) is -1.11. The van der Waals surface area contributed by atoms with Crippen LogP contribution in [0.25, 0.3) is 0 Å². The Balaban J connectivity index is 2.36. The average Bonchev–Trinajstić information content (AvgIpc) is 2.43. The van der Waals surface area contributed by atoms with E-state index in [1.165, 1.54) is 13.2 Å². The van der Waals surface area contributed by atoms with E-state index in [-0.39, 0.29) is 16.1 Å². The lowest BCUT2D eigenvalue weighted by Gasteiger charge is -2.08. The Morgan fingerprint density at radius 1 is 1.45 bits per heavy atom. The quantitative estimate of drug-likeness (QED) is 0.673. The third kappa shape index (κ3) is 3.29. The minimum atomic E-state index is -0.604. The third-order valence-electron chi connectivity index (χ3n) is 2.42. The van der Waals surface area contributed by atoms with Crippen LogP contribution in [0.5, 0.6) is 0 Å². The highest BCUT2D eigenvalue weighted by atomic mass is 79.9. The van der Waals surface area contributed by atoms with Gasteiger partial charge in [0.2, 0.25) is 0 Å². The zero-order chi connectivity index (χ0) is 14.7. The summed E-state index contributed by atoms with van der Waals surface area (Å²) >= 11 is 4.37. The number of halogens is 2. The molecule has 0 aliphatic heterocycles. The van der Waals surface area contributed by atoms with Crippen molar-refractivity contribution in [1.29, 1.82) is 0 Å². The van der Waals surface area contributed by atoms with Crippen LogP contribution < -0.4 is 5.73 Å². The molecule has 0 spiro atoms. The predicted octanol–water partition coefficient (Wildman–Crippen LogP) is 3.50. The number of carbonyl (C=O) groups excluding carboxylic acids is 1. The average molecular weight is 357 g/mol. The number of nitrogens with zero attached hydrogens (tertiary/aromatic N) is 1. The van der Waals surface area contributed by atoms with Gasteiger partial charge in [0.05, 0.1) is 17.6 Å². The summed E-state index contributed by atoms with van der Waals surface area (Å²) in [5.41, 5.74) is 5.78. The van der Waals surface area contributed by atoms with E-state index in [4.69, 9.17) is 5.73 Å². The molecule has 0 aliphatic rings. The second-order valence-electron chi connectivity index (χ2n) is 3.78. The van der Waals surface area contributed by atoms with Crippen LogP contribution in [-0.4, -0.2) is 18.1 Å². The maximum Gasteiger partial charge on any atom is 0.339 e. The molecule has 0 saturated heterocycles. The molecule has 2 aromatic rings. The van der Waals surface area contributed by atoms with Crippen LogP contribution in [0.3, 0.4) is 0 Å². The van der Waals surface area contributed by atoms with Crippen LogP contribution in [0.2, 0.25) is 0 Å². The van der Waals surface area contributed by atoms with Crippen molar-refractivity contribution in [3.05, 3.63) is 46.3 Å². The van der Waals surface area contributed by atoms with E-state index in [2.05, 4.69) is 25.7 Å². The number of anilines is 1. The summed E-state index contributed by atoms with van der Waals surface area (Å²) in [5, 5.41) is 0.604. The second-order valence-corrected chi connectivity index (χ2v) is 5.76. The van der Waals surface area contributed by atoms with Crippen molar-refractivity contribution < 1.29 is 13.9 Å². The van der Waals surface area contributed by atoms with Gasteiger partial charge >= 0.3 is 5.97 Å². The number of carbonyl (C=O) groups is 1. The molecule has 0 radical (unpaired) electrons. The number of hydrogen-bond acceptors (Lipinski definition) is 5. The largest absolute Gasteiger partial charge is 0.465 e. The molecule has 104 valence electrons. The predicted molar refractivity (Wildman–Crippen MR) is 78.2 cm³/mol. The van der Waals surface area contributed by atoms with Gasteiger partial charge in [-0.05, 0) is 40.2 Å². The molecule has 1 heterocycles. The number of esters is 1. The SMILES string of the molecule is COC(=O)c1cc(Sc2ccc(Br)cn2)c(F)cc1N. The fourth-order valence-corrected chi connectivity index (χ4v) is 2.50. The topological polar surface area (TPSA) is 65.2 Å². The Hall–Kier alpha value is -1.60. The summed E-state index contributed by atoms with van der Waals surface area (Å²) in [7, 11) is 1.24. The smallest absolute Gasteiger partial charge is 0.339 e. The zero-order valence-corrected chi connectivity index (χ0v) is 12.8. The molecule has 0 amide bonds. The lowest BCUT2D eigenvalue weighted by Crippen LogP contribution is -2.06. The second kappa shape index (κ2) is 6.23. The van der Waals surface area contributed by atoms with Crippen molar-refractivity contribution in [2.45, 2.75) is 9.92 Å². The number of nitrogen functional groups attached to an aromatic ring is 1. The Bertz CT molecular complexity index is 650. The van der Waals surface area contributed by atoms with Gasteiger partial charge in [0.25, 0.3) is 0 Å². The number of ether oxygens (including phenoxy) is 1. The van der Waals surface area contributed by atoms with E-state index in [0.717, 1.165) is 22.3 Å². The Morgan fingerprint density at radius 3 is 2.80 bits per heavy atom. The number of hydrogen-bond donors (Lipinski definition) is 1. The highest BCUT2D eigenvalue weighted by Gasteiger charge is 2.15. The molecule has 0 unspecified atom stereocenters. The van der Waals surface area contributed by atoms with E-state index < -0.39 is 11.8 Å². The first-order valence-electron chi connectivity index (χ1n) is 5.48. The third-order valence-corrected chi connectivity index (χ3v) is 3.88. The molecular formula is C13H10BrFN2O2S. The Morgan fingerprint density at radius 2 is 2.20 bits per heavy atom. The molecule has 0 saturated carbocycles. The van der Waals surface area contributed by atoms with Crippen LogP contribution in [-0.2, 0) is 4.74 Å². The highest BCUT2D eigenvalue weighted by molar-refractivity contribution is 9.10. The molecule has 1 aromatic heterocycles. The summed E-state index contributed by atoms with van der Waals surface area (Å²) < 4.78 is 19.3. The van der Waals surface area contributed by atoms with Gasteiger partial charge in [-0.15, -0.1) is 0 Å². The summed E-state index contributed by atoms with van der Waals surface area (Å²) in [6.07, 6.45) is 1.61. The van der Waals surface area contributed by atoms with Crippen molar-refractivity contribution in [2.24, 2.45) is 0 Å². The number of nitrogens with two attached hydrogens (primary N) is 1. The highest BCUT2D eigenvalue weighted by Crippen LogP contribution is 2.32. The Labute approximate surface area is 127 Å². The Kier molecular flexibility index (Phi) is 4.61. The number of methoxy groups -OCH3 is 1. The van der Waals surface area contributed by atoms with Gasteiger partial charge in [-0.25, -0.2) is 14.2 Å². The van der Waals surface area contributed by atoms with Crippen LogP contribution in [0.1, 0.15) is 10.4 Å². The molecule has 7 heteroatoms. The fourth-order valence-electron chi connectivity index (χ4n) is 1.47. The molecule has 0 fully saturated rings. The maximum absolute atomic E-state index is 13.9. The number of pyridine rings is 1. The minimum absolute atomic E-state index is 0.0439. The first-order valence-corrected chi connectivity index (χ1v) is 7.09. The lowest BCUT2D eigenvalue weighted by atomic mass is 10.2. The van der Waals surface area contributed by atoms with Crippen molar-refractivity contribution >= 4 is 39.3 Å². The molecule has 0 bridgehead atoms. The van der Waals surface area contributed by atoms with E-state index in [9.17, 15) is 9.18 Å². The first kappa shape index (κ1) is 14.8. The molecule has 0 aliphatic carbocycles. The van der Waals surface area contributed by atoms with Crippen molar-refractivity contribution in [2.75, 3.05) is 12.8 Å². The molecule has 4 nitrogen and oxygen atoms in total. The first-order chi connectivity index (χ1) is 9.51. The summed E-state index contributed by atoms with van der Waals surface area (Å²) in [6, 6.07) is 6.01. The molecule has 1 aromatic carbocycles. The maximum atomic E-state index is 13.9. The van der Waals surface area contributed by atoms with E-state index >= 15 is 0 Å². The van der Waals surface area contributed by atoms with E-state index in [1.54, 1.807) is 18.3 Å². The lowest BCUT2D eigenvalue weighted by molar-refractivity contribution is 0.0601. The van der Waals surface area contributed by atoms with Gasteiger partial charge in [0, 0.05) is 16.4 Å². The van der Waals surface area contributed by atoms with Crippen LogP contribution in [0.15, 0.2) is 44.9 Å². The molecule has 0 atom stereocenters. The minimum Gasteiger partial charge on any atom is -0.465 e. The van der Waals surface area contributed by atoms with Gasteiger partial charge < -0.3 is 10.5 Å². The van der Waals surface area contributed by atoms with Crippen molar-refractivity contribution in [3.8, 4) is 0 Å². The zero-order valence-electron chi connectivity index (χ0n) is 10.4. The standard InChI is InChI=1S/C13H10BrFN2O2S/c1-19-13(18)8-4-11(9(15)5-10(8)16)20-12-3-2-7(14)6-17-12/h2-6H,16H2,1H3. The molecular weight excluding hydrogens is 347 g/mol. The van der Waals surface area contributed by atoms with Gasteiger partial charge in [-0.1, -0.05) is 11.8 Å². The summed E-state index contributed by atoms with van der Waals surface area (Å²) in [6.45, 7) is 0. The van der Waals surface area contributed by atoms with Gasteiger partial charge in [-0.2, -0.15) is 0 Å². The van der Waals surface area contributed by atoms with Gasteiger partial charge in [0.1, 0.15) is 10.8 Å². The normalized spacial score (nSPS) is 10.3. The van der Waals surface area contributed by atoms with E-state index in [0.29, 0.717) is 5.03 Å². The summed E-state index contributed by atoms with van der Waals surface area (Å²) in [4.78, 5) is 15.9. The monoisotopic (exact) mass is 356 g/mol. The molecule has 20 heavy (non-hydrogen) atoms. The van der Waals surface area contributed by atoms with Crippen LogP contribution in [0, 0.1) is 5.82 Å². The van der Waals surface area contributed by atoms with Gasteiger partial charge in [-0.3, -0.25) is 0 Å².